The van der Waals surface area contributed by atoms with Crippen molar-refractivity contribution in [2.24, 2.45) is 0 Å². The lowest BCUT2D eigenvalue weighted by atomic mass is 9.98. The van der Waals surface area contributed by atoms with Crippen molar-refractivity contribution in [2.75, 3.05) is 27.2 Å². The fraction of sp³-hybridized carbons (Fsp3) is 0.588. The van der Waals surface area contributed by atoms with Crippen molar-refractivity contribution >= 4 is 16.1 Å². The summed E-state index contributed by atoms with van der Waals surface area (Å²) in [6, 6.07) is 6.16. The first-order valence-corrected chi connectivity index (χ1v) is 10.0. The van der Waals surface area contributed by atoms with Gasteiger partial charge in [-0.3, -0.25) is 4.79 Å². The van der Waals surface area contributed by atoms with Gasteiger partial charge in [-0.25, -0.2) is 0 Å². The molecule has 1 N–H and O–H groups in total. The Morgan fingerprint density at radius 2 is 1.96 bits per heavy atom. The molecule has 0 aliphatic carbocycles. The second kappa shape index (κ2) is 7.31. The largest absolute Gasteiger partial charge is 0.497 e. The van der Waals surface area contributed by atoms with Crippen LogP contribution in [0.2, 0.25) is 0 Å². The average molecular weight is 367 g/mol. The van der Waals surface area contributed by atoms with E-state index >= 15 is 0 Å². The van der Waals surface area contributed by atoms with Crippen molar-refractivity contribution < 1.29 is 17.9 Å². The predicted molar refractivity (Wildman–Crippen MR) is 94.4 cm³/mol. The van der Waals surface area contributed by atoms with Gasteiger partial charge in [-0.05, 0) is 43.4 Å². The molecule has 2 aliphatic heterocycles. The molecular weight excluding hydrogens is 342 g/mol. The molecule has 1 aromatic rings. The molecule has 0 spiro atoms. The molecule has 2 fully saturated rings. The molecule has 8 heteroatoms. The maximum atomic E-state index is 12.9. The summed E-state index contributed by atoms with van der Waals surface area (Å²) < 4.78 is 34.1. The minimum Gasteiger partial charge on any atom is -0.497 e. The number of hydrogen-bond acceptors (Lipinski definition) is 4. The number of likely N-dealkylation sites (N-methyl/N-ethyl adjacent to an activating group) is 1. The van der Waals surface area contributed by atoms with Crippen LogP contribution < -0.4 is 9.46 Å². The van der Waals surface area contributed by atoms with Crippen molar-refractivity contribution in [1.29, 1.82) is 0 Å². The zero-order chi connectivity index (χ0) is 18.0. The molecule has 2 heterocycles. The lowest BCUT2D eigenvalue weighted by molar-refractivity contribution is -0.136. The number of rotatable bonds is 3. The molecule has 25 heavy (non-hydrogen) atoms. The van der Waals surface area contributed by atoms with Crippen LogP contribution in [-0.2, 0) is 15.0 Å². The number of hydrogen-bond donors (Lipinski definition) is 1. The standard InChI is InChI=1S/C17H25N3O4S/c1-19-16(17(21)20-9-4-3-5-10-20)12-15(18-25(19,22)23)13-7-6-8-14(11-13)24-2/h6-8,11,15-16,18H,3-5,9-10,12H2,1-2H3/t15-,16-/m1/s1. The Balaban J connectivity index is 1.86. The number of carbonyl (C=O) groups excluding carboxylic acids is 1. The number of methoxy groups -OCH3 is 1. The fourth-order valence-electron chi connectivity index (χ4n) is 3.49. The van der Waals surface area contributed by atoms with Crippen molar-refractivity contribution in [1.82, 2.24) is 13.9 Å². The van der Waals surface area contributed by atoms with Gasteiger partial charge >= 0.3 is 0 Å². The Kier molecular flexibility index (Phi) is 5.31. The first-order valence-electron chi connectivity index (χ1n) is 8.60. The van der Waals surface area contributed by atoms with Crippen molar-refractivity contribution in [2.45, 2.75) is 37.8 Å². The third-order valence-electron chi connectivity index (χ3n) is 5.02. The van der Waals surface area contributed by atoms with Gasteiger partial charge in [0.05, 0.1) is 13.2 Å². The number of piperidine rings is 1. The number of carbonyl (C=O) groups is 1. The molecule has 0 radical (unpaired) electrons. The first-order chi connectivity index (χ1) is 11.9. The van der Waals surface area contributed by atoms with Gasteiger partial charge in [0.2, 0.25) is 5.91 Å². The summed E-state index contributed by atoms with van der Waals surface area (Å²) >= 11 is 0. The quantitative estimate of drug-likeness (QED) is 0.873. The van der Waals surface area contributed by atoms with Crippen molar-refractivity contribution in [3.05, 3.63) is 29.8 Å². The molecule has 3 rings (SSSR count). The zero-order valence-electron chi connectivity index (χ0n) is 14.6. The van der Waals surface area contributed by atoms with Crippen LogP contribution in [0.3, 0.4) is 0 Å². The molecule has 0 saturated carbocycles. The molecule has 1 aromatic carbocycles. The first kappa shape index (κ1) is 18.2. The number of nitrogens with one attached hydrogen (secondary N) is 1. The Hall–Kier alpha value is -1.64. The maximum absolute atomic E-state index is 12.9. The predicted octanol–water partition coefficient (Wildman–Crippen LogP) is 1.29. The molecule has 138 valence electrons. The van der Waals surface area contributed by atoms with Crippen LogP contribution in [-0.4, -0.2) is 56.8 Å². The highest BCUT2D eigenvalue weighted by molar-refractivity contribution is 7.87. The van der Waals surface area contributed by atoms with E-state index in [-0.39, 0.29) is 5.91 Å². The number of benzene rings is 1. The molecule has 2 aliphatic rings. The van der Waals surface area contributed by atoms with E-state index in [0.29, 0.717) is 25.3 Å². The maximum Gasteiger partial charge on any atom is 0.280 e. The summed E-state index contributed by atoms with van der Waals surface area (Å²) in [5.41, 5.74) is 0.799. The van der Waals surface area contributed by atoms with Crippen LogP contribution in [0.5, 0.6) is 5.75 Å². The normalized spacial score (nSPS) is 27.0. The Morgan fingerprint density at radius 1 is 1.24 bits per heavy atom. The van der Waals surface area contributed by atoms with Crippen LogP contribution in [0.15, 0.2) is 24.3 Å². The number of amides is 1. The summed E-state index contributed by atoms with van der Waals surface area (Å²) in [5, 5.41) is 0. The fourth-order valence-corrected chi connectivity index (χ4v) is 4.76. The molecule has 0 bridgehead atoms. The van der Waals surface area contributed by atoms with E-state index in [0.717, 1.165) is 24.8 Å². The van der Waals surface area contributed by atoms with Gasteiger partial charge in [0.15, 0.2) is 0 Å². The van der Waals surface area contributed by atoms with Crippen LogP contribution in [0.1, 0.15) is 37.3 Å². The lowest BCUT2D eigenvalue weighted by Gasteiger charge is -2.39. The average Bonchev–Trinajstić information content (AvgIpc) is 2.64. The number of likely N-dealkylation sites (tertiary alicyclic amines) is 1. The monoisotopic (exact) mass is 367 g/mol. The van der Waals surface area contributed by atoms with E-state index < -0.39 is 22.3 Å². The summed E-state index contributed by atoms with van der Waals surface area (Å²) in [7, 11) is -0.677. The Morgan fingerprint density at radius 3 is 2.64 bits per heavy atom. The zero-order valence-corrected chi connectivity index (χ0v) is 15.5. The summed E-state index contributed by atoms with van der Waals surface area (Å²) in [6.45, 7) is 1.42. The molecule has 7 nitrogen and oxygen atoms in total. The highest BCUT2D eigenvalue weighted by Gasteiger charge is 2.42. The van der Waals surface area contributed by atoms with Gasteiger partial charge in [0.1, 0.15) is 11.8 Å². The number of nitrogens with zero attached hydrogens (tertiary/aromatic N) is 2. The van der Waals surface area contributed by atoms with E-state index in [1.165, 1.54) is 11.4 Å². The van der Waals surface area contributed by atoms with Crippen molar-refractivity contribution in [3.8, 4) is 5.75 Å². The second-order valence-electron chi connectivity index (χ2n) is 6.61. The minimum atomic E-state index is -3.72. The van der Waals surface area contributed by atoms with Crippen LogP contribution in [0.4, 0.5) is 0 Å². The Labute approximate surface area is 149 Å². The minimum absolute atomic E-state index is 0.0971. The smallest absolute Gasteiger partial charge is 0.280 e. The summed E-state index contributed by atoms with van der Waals surface area (Å²) in [4.78, 5) is 14.7. The topological polar surface area (TPSA) is 79.0 Å². The van der Waals surface area contributed by atoms with E-state index in [4.69, 9.17) is 4.74 Å². The summed E-state index contributed by atoms with van der Waals surface area (Å²) in [6.07, 6.45) is 3.48. The summed E-state index contributed by atoms with van der Waals surface area (Å²) in [5.74, 6) is 0.565. The van der Waals surface area contributed by atoms with E-state index in [9.17, 15) is 13.2 Å². The SMILES string of the molecule is COc1cccc([C@H]2C[C@H](C(=O)N3CCCCC3)N(C)S(=O)(=O)N2)c1. The number of ether oxygens (including phenoxy) is 1. The molecule has 2 atom stereocenters. The molecule has 2 saturated heterocycles. The van der Waals surface area contributed by atoms with E-state index in [2.05, 4.69) is 4.72 Å². The van der Waals surface area contributed by atoms with Gasteiger partial charge in [0, 0.05) is 20.1 Å². The van der Waals surface area contributed by atoms with E-state index in [1.54, 1.807) is 18.1 Å². The van der Waals surface area contributed by atoms with Crippen LogP contribution in [0, 0.1) is 0 Å². The molecular formula is C17H25N3O4S. The van der Waals surface area contributed by atoms with Gasteiger partial charge < -0.3 is 9.64 Å². The third kappa shape index (κ3) is 3.80. The van der Waals surface area contributed by atoms with Gasteiger partial charge in [0.25, 0.3) is 10.2 Å². The van der Waals surface area contributed by atoms with Crippen molar-refractivity contribution in [3.63, 3.8) is 0 Å². The Bertz CT molecular complexity index is 731. The molecule has 0 aromatic heterocycles. The van der Waals surface area contributed by atoms with Crippen LogP contribution in [0.25, 0.3) is 0 Å². The van der Waals surface area contributed by atoms with E-state index in [1.807, 2.05) is 18.2 Å². The lowest BCUT2D eigenvalue weighted by Crippen LogP contribution is -2.58. The van der Waals surface area contributed by atoms with Gasteiger partial charge in [-0.2, -0.15) is 17.4 Å². The van der Waals surface area contributed by atoms with Gasteiger partial charge in [-0.1, -0.05) is 12.1 Å². The third-order valence-corrected chi connectivity index (χ3v) is 6.61. The molecule has 1 amide bonds. The molecule has 0 unspecified atom stereocenters. The van der Waals surface area contributed by atoms with Crippen LogP contribution >= 0.6 is 0 Å². The highest BCUT2D eigenvalue weighted by atomic mass is 32.2. The van der Waals surface area contributed by atoms with Gasteiger partial charge in [-0.15, -0.1) is 0 Å². The second-order valence-corrected chi connectivity index (χ2v) is 8.37. The highest BCUT2D eigenvalue weighted by Crippen LogP contribution is 2.30.